The zero-order chi connectivity index (χ0) is 32.9. The van der Waals surface area contributed by atoms with Crippen molar-refractivity contribution < 1.29 is 34.0 Å². The molecule has 0 atom stereocenters. The monoisotopic (exact) mass is 634 g/mol. The van der Waals surface area contributed by atoms with Gasteiger partial charge in [-0.25, -0.2) is 9.59 Å². The van der Waals surface area contributed by atoms with Gasteiger partial charge in [0.1, 0.15) is 0 Å². The fourth-order valence-electron chi connectivity index (χ4n) is 6.94. The lowest BCUT2D eigenvalue weighted by Crippen LogP contribution is -2.24. The molecular weight excluding hydrogens is 580 g/mol. The summed E-state index contributed by atoms with van der Waals surface area (Å²) in [5.74, 6) is 0.240. The lowest BCUT2D eigenvalue weighted by atomic mass is 9.76. The Hall–Kier alpha value is -3.00. The minimum absolute atomic E-state index is 0.0113. The second-order valence-corrected chi connectivity index (χ2v) is 13.4. The lowest BCUT2D eigenvalue weighted by Gasteiger charge is -2.30. The molecule has 0 aromatic heterocycles. The minimum Gasteiger partial charge on any atom is -0.462 e. The molecule has 0 unspecified atom stereocenters. The van der Waals surface area contributed by atoms with Gasteiger partial charge in [0.05, 0.1) is 43.7 Å². The van der Waals surface area contributed by atoms with E-state index in [0.29, 0.717) is 23.9 Å². The Labute approximate surface area is 275 Å². The predicted molar refractivity (Wildman–Crippen MR) is 182 cm³/mol. The van der Waals surface area contributed by atoms with Gasteiger partial charge in [0.2, 0.25) is 0 Å². The van der Waals surface area contributed by atoms with Crippen LogP contribution in [0.25, 0.3) is 10.8 Å². The first kappa shape index (κ1) is 35.8. The van der Waals surface area contributed by atoms with Crippen LogP contribution in [0, 0.1) is 11.8 Å². The summed E-state index contributed by atoms with van der Waals surface area (Å²) in [7, 11) is 0. The molecule has 2 aromatic carbocycles. The van der Waals surface area contributed by atoms with Crippen molar-refractivity contribution in [1.82, 2.24) is 0 Å². The third-order valence-corrected chi connectivity index (χ3v) is 10.0. The van der Waals surface area contributed by atoms with Crippen molar-refractivity contribution in [2.45, 2.75) is 102 Å². The number of aliphatic hydroxyl groups is 2. The van der Waals surface area contributed by atoms with Crippen molar-refractivity contribution in [3.63, 3.8) is 0 Å². The van der Waals surface area contributed by atoms with Gasteiger partial charge >= 0.3 is 11.9 Å². The van der Waals surface area contributed by atoms with Gasteiger partial charge in [-0.05, 0) is 110 Å². The number of carbonyl (C=O) groups excluding carboxylic acids is 2. The molecule has 2 aromatic rings. The number of aliphatic hydroxyl groups excluding tert-OH is 2. The number of esters is 2. The quantitative estimate of drug-likeness (QED) is 0.105. The standard InChI is InChI=1S/C39H54O7/c1-4-5-20-44-37-18-16-32(17-19-37)34-13-15-35-21-33(12-14-36(35)22-34)31-10-8-29(9-11-31)6-7-30(25-45-38(42)27(2)23-40)26-46-39(43)28(3)24-41/h12-15,21-22,29-32,37,40-41H,2-11,16-20,23-26H2,1H3. The van der Waals surface area contributed by atoms with Crippen molar-refractivity contribution in [3.05, 3.63) is 71.8 Å². The highest BCUT2D eigenvalue weighted by Gasteiger charge is 2.26. The Morgan fingerprint density at radius 1 is 0.783 bits per heavy atom. The van der Waals surface area contributed by atoms with E-state index < -0.39 is 25.2 Å². The molecule has 7 heteroatoms. The highest BCUT2D eigenvalue weighted by atomic mass is 16.5. The zero-order valence-corrected chi connectivity index (χ0v) is 27.7. The fourth-order valence-corrected chi connectivity index (χ4v) is 6.94. The summed E-state index contributed by atoms with van der Waals surface area (Å²) in [5, 5.41) is 20.9. The lowest BCUT2D eigenvalue weighted by molar-refractivity contribution is -0.144. The van der Waals surface area contributed by atoms with Crippen LogP contribution in [-0.4, -0.2) is 61.3 Å². The van der Waals surface area contributed by atoms with Crippen LogP contribution in [0.5, 0.6) is 0 Å². The Morgan fingerprint density at radius 2 is 1.28 bits per heavy atom. The number of hydrogen-bond acceptors (Lipinski definition) is 7. The van der Waals surface area contributed by atoms with Gasteiger partial charge in [-0.3, -0.25) is 0 Å². The number of hydrogen-bond donors (Lipinski definition) is 2. The van der Waals surface area contributed by atoms with E-state index in [1.165, 1.54) is 41.2 Å². The summed E-state index contributed by atoms with van der Waals surface area (Å²) in [6.45, 7) is 9.34. The highest BCUT2D eigenvalue weighted by molar-refractivity contribution is 5.88. The Morgan fingerprint density at radius 3 is 1.76 bits per heavy atom. The smallest absolute Gasteiger partial charge is 0.335 e. The van der Waals surface area contributed by atoms with Crippen LogP contribution in [0.3, 0.4) is 0 Å². The maximum Gasteiger partial charge on any atom is 0.335 e. The molecule has 0 saturated heterocycles. The summed E-state index contributed by atoms with van der Waals surface area (Å²) < 4.78 is 16.7. The van der Waals surface area contributed by atoms with Crippen molar-refractivity contribution in [3.8, 4) is 0 Å². The molecule has 2 aliphatic rings. The number of benzene rings is 2. The summed E-state index contributed by atoms with van der Waals surface area (Å²) >= 11 is 0. The van der Waals surface area contributed by atoms with Crippen LogP contribution >= 0.6 is 0 Å². The second kappa shape index (κ2) is 18.4. The first-order valence-corrected chi connectivity index (χ1v) is 17.4. The van der Waals surface area contributed by atoms with E-state index in [1.807, 2.05) is 0 Å². The van der Waals surface area contributed by atoms with Crippen molar-refractivity contribution in [1.29, 1.82) is 0 Å². The zero-order valence-electron chi connectivity index (χ0n) is 27.7. The van der Waals surface area contributed by atoms with E-state index in [1.54, 1.807) is 0 Å². The second-order valence-electron chi connectivity index (χ2n) is 13.4. The number of carbonyl (C=O) groups is 2. The van der Waals surface area contributed by atoms with Crippen molar-refractivity contribution >= 4 is 22.7 Å². The maximum absolute atomic E-state index is 12.0. The van der Waals surface area contributed by atoms with Crippen molar-refractivity contribution in [2.75, 3.05) is 33.0 Å². The Bertz CT molecular complexity index is 1270. The largest absolute Gasteiger partial charge is 0.462 e. The van der Waals surface area contributed by atoms with Crippen molar-refractivity contribution in [2.24, 2.45) is 11.8 Å². The Kier molecular flexibility index (Phi) is 14.3. The molecule has 2 saturated carbocycles. The molecule has 252 valence electrons. The molecule has 2 aliphatic carbocycles. The highest BCUT2D eigenvalue weighted by Crippen LogP contribution is 2.40. The number of unbranched alkanes of at least 4 members (excludes halogenated alkanes) is 1. The van der Waals surface area contributed by atoms with Crippen LogP contribution in [-0.2, 0) is 23.8 Å². The summed E-state index contributed by atoms with van der Waals surface area (Å²) in [6.07, 6.45) is 13.7. The average molecular weight is 635 g/mol. The van der Waals surface area contributed by atoms with Crippen LogP contribution in [0.4, 0.5) is 0 Å². The molecule has 2 fully saturated rings. The van der Waals surface area contributed by atoms with Gasteiger partial charge < -0.3 is 24.4 Å². The number of fused-ring (bicyclic) bond motifs is 1. The van der Waals surface area contributed by atoms with E-state index in [2.05, 4.69) is 56.5 Å². The van der Waals surface area contributed by atoms with Crippen LogP contribution in [0.1, 0.15) is 107 Å². The average Bonchev–Trinajstić information content (AvgIpc) is 3.10. The molecule has 0 heterocycles. The number of rotatable bonds is 17. The van der Waals surface area contributed by atoms with Gasteiger partial charge in [-0.2, -0.15) is 0 Å². The molecule has 0 aliphatic heterocycles. The molecule has 0 bridgehead atoms. The van der Waals surface area contributed by atoms with Gasteiger partial charge in [0.15, 0.2) is 0 Å². The minimum atomic E-state index is -0.652. The molecule has 4 rings (SSSR count). The number of ether oxygens (including phenoxy) is 3. The first-order valence-electron chi connectivity index (χ1n) is 17.4. The molecule has 46 heavy (non-hydrogen) atoms. The molecule has 0 radical (unpaired) electrons. The van der Waals surface area contributed by atoms with E-state index >= 15 is 0 Å². The molecular formula is C39H54O7. The van der Waals surface area contributed by atoms with E-state index in [4.69, 9.17) is 24.4 Å². The predicted octanol–water partition coefficient (Wildman–Crippen LogP) is 7.54. The summed E-state index contributed by atoms with van der Waals surface area (Å²) in [6, 6.07) is 14.1. The normalized spacial score (nSPS) is 21.7. The molecule has 0 amide bonds. The maximum atomic E-state index is 12.0. The summed E-state index contributed by atoms with van der Waals surface area (Å²) in [4.78, 5) is 24.1. The van der Waals surface area contributed by atoms with Crippen LogP contribution in [0.2, 0.25) is 0 Å². The van der Waals surface area contributed by atoms with Gasteiger partial charge in [0, 0.05) is 12.5 Å². The van der Waals surface area contributed by atoms with E-state index in [9.17, 15) is 9.59 Å². The van der Waals surface area contributed by atoms with E-state index in [0.717, 1.165) is 64.4 Å². The fraction of sp³-hybridized carbons (Fsp3) is 0.590. The van der Waals surface area contributed by atoms with E-state index in [-0.39, 0.29) is 30.3 Å². The third-order valence-electron chi connectivity index (χ3n) is 10.0. The van der Waals surface area contributed by atoms with Gasteiger partial charge in [-0.15, -0.1) is 0 Å². The molecule has 7 nitrogen and oxygen atoms in total. The Balaban J connectivity index is 1.26. The summed E-state index contributed by atoms with van der Waals surface area (Å²) in [5.41, 5.74) is 2.87. The third kappa shape index (κ3) is 10.5. The topological polar surface area (TPSA) is 102 Å². The van der Waals surface area contributed by atoms with Crippen LogP contribution in [0.15, 0.2) is 60.7 Å². The van der Waals surface area contributed by atoms with Crippen LogP contribution < -0.4 is 0 Å². The van der Waals surface area contributed by atoms with Gasteiger partial charge in [-0.1, -0.05) is 62.9 Å². The molecule has 0 spiro atoms. The first-order chi connectivity index (χ1) is 22.3. The molecule has 2 N–H and O–H groups in total. The SMILES string of the molecule is C=C(CO)C(=O)OCC(CCC1CCC(c2ccc3cc(C4CCC(OCCCC)CC4)ccc3c2)CC1)COC(=O)C(=C)CO. The van der Waals surface area contributed by atoms with Gasteiger partial charge in [0.25, 0.3) is 0 Å².